The summed E-state index contributed by atoms with van der Waals surface area (Å²) in [5, 5.41) is 1.09. The predicted molar refractivity (Wildman–Crippen MR) is 55.8 cm³/mol. The number of halogens is 1. The van der Waals surface area contributed by atoms with E-state index in [0.717, 1.165) is 11.9 Å². The minimum absolute atomic E-state index is 0.411. The molecule has 0 aromatic heterocycles. The summed E-state index contributed by atoms with van der Waals surface area (Å²) in [5.74, 6) is 0. The molecule has 0 aromatic rings. The second kappa shape index (κ2) is 6.67. The van der Waals surface area contributed by atoms with E-state index < -0.39 is 0 Å². The molecule has 1 nitrogen and oxygen atoms in total. The highest BCUT2D eigenvalue weighted by Crippen LogP contribution is 2.13. The van der Waals surface area contributed by atoms with Gasteiger partial charge < -0.3 is 4.74 Å². The second-order valence-corrected chi connectivity index (χ2v) is 3.96. The highest BCUT2D eigenvalue weighted by molar-refractivity contribution is 9.09. The molecule has 1 rings (SSSR count). The monoisotopic (exact) mass is 232 g/mol. The lowest BCUT2D eigenvalue weighted by Gasteiger charge is -2.16. The van der Waals surface area contributed by atoms with Crippen molar-refractivity contribution < 1.29 is 4.74 Å². The first kappa shape index (κ1) is 10.3. The van der Waals surface area contributed by atoms with Gasteiger partial charge in [0, 0.05) is 11.9 Å². The third-order valence-corrected chi connectivity index (χ3v) is 2.63. The van der Waals surface area contributed by atoms with Crippen molar-refractivity contribution in [1.29, 1.82) is 0 Å². The minimum atomic E-state index is 0.411. The lowest BCUT2D eigenvalue weighted by atomic mass is 10.1. The van der Waals surface area contributed by atoms with Crippen molar-refractivity contribution in [2.45, 2.75) is 38.2 Å². The molecule has 0 aromatic carbocycles. The van der Waals surface area contributed by atoms with E-state index in [1.807, 2.05) is 0 Å². The lowest BCUT2D eigenvalue weighted by molar-refractivity contribution is 0.0734. The first-order chi connectivity index (χ1) is 5.93. The lowest BCUT2D eigenvalue weighted by Crippen LogP contribution is -2.13. The molecule has 0 saturated carbocycles. The summed E-state index contributed by atoms with van der Waals surface area (Å²) in [6.45, 7) is 0.917. The van der Waals surface area contributed by atoms with Crippen LogP contribution < -0.4 is 0 Å². The summed E-state index contributed by atoms with van der Waals surface area (Å²) in [5.41, 5.74) is 0. The summed E-state index contributed by atoms with van der Waals surface area (Å²) in [4.78, 5) is 0. The third-order valence-electron chi connectivity index (χ3n) is 2.07. The van der Waals surface area contributed by atoms with Gasteiger partial charge in [-0.2, -0.15) is 0 Å². The van der Waals surface area contributed by atoms with Gasteiger partial charge in [0.1, 0.15) is 0 Å². The Bertz CT molecular complexity index is 134. The van der Waals surface area contributed by atoms with E-state index in [1.54, 1.807) is 0 Å². The van der Waals surface area contributed by atoms with E-state index in [2.05, 4.69) is 28.1 Å². The Kier molecular flexibility index (Phi) is 5.70. The van der Waals surface area contributed by atoms with Gasteiger partial charge in [0.25, 0.3) is 0 Å². The average molecular weight is 233 g/mol. The zero-order chi connectivity index (χ0) is 8.65. The van der Waals surface area contributed by atoms with E-state index in [9.17, 15) is 0 Å². The molecule has 0 fully saturated rings. The normalized spacial score (nSPS) is 22.9. The highest BCUT2D eigenvalue weighted by atomic mass is 79.9. The van der Waals surface area contributed by atoms with Crippen LogP contribution in [0.2, 0.25) is 0 Å². The van der Waals surface area contributed by atoms with E-state index in [0.29, 0.717) is 6.10 Å². The van der Waals surface area contributed by atoms with Gasteiger partial charge in [0.05, 0.1) is 6.10 Å². The molecule has 0 heterocycles. The fourth-order valence-corrected chi connectivity index (χ4v) is 1.75. The van der Waals surface area contributed by atoms with Crippen LogP contribution in [0.1, 0.15) is 32.1 Å². The largest absolute Gasteiger partial charge is 0.374 e. The maximum atomic E-state index is 5.68. The Balaban J connectivity index is 1.98. The molecule has 0 bridgehead atoms. The van der Waals surface area contributed by atoms with Crippen LogP contribution in [0.4, 0.5) is 0 Å². The van der Waals surface area contributed by atoms with Crippen molar-refractivity contribution in [2.24, 2.45) is 0 Å². The molecule has 0 spiro atoms. The number of hydrogen-bond donors (Lipinski definition) is 0. The van der Waals surface area contributed by atoms with Gasteiger partial charge in [-0.25, -0.2) is 0 Å². The van der Waals surface area contributed by atoms with Crippen molar-refractivity contribution in [3.05, 3.63) is 12.2 Å². The number of ether oxygens (including phenoxy) is 1. The standard InChI is InChI=1S/C10H17BrO/c11-8-4-5-9-12-10-6-2-1-3-7-10/h2,6,10H,1,3-5,7-9H2. The molecule has 1 aliphatic carbocycles. The first-order valence-electron chi connectivity index (χ1n) is 4.77. The molecule has 0 amide bonds. The van der Waals surface area contributed by atoms with Gasteiger partial charge in [-0.3, -0.25) is 0 Å². The van der Waals surface area contributed by atoms with E-state index in [-0.39, 0.29) is 0 Å². The van der Waals surface area contributed by atoms with Crippen LogP contribution in [0.3, 0.4) is 0 Å². The van der Waals surface area contributed by atoms with Crippen molar-refractivity contribution >= 4 is 15.9 Å². The minimum Gasteiger partial charge on any atom is -0.374 e. The Morgan fingerprint density at radius 2 is 2.33 bits per heavy atom. The zero-order valence-electron chi connectivity index (χ0n) is 7.47. The van der Waals surface area contributed by atoms with Crippen LogP contribution >= 0.6 is 15.9 Å². The van der Waals surface area contributed by atoms with Crippen molar-refractivity contribution in [2.75, 3.05) is 11.9 Å². The summed E-state index contributed by atoms with van der Waals surface area (Å²) < 4.78 is 5.68. The van der Waals surface area contributed by atoms with Crippen LogP contribution in [0.15, 0.2) is 12.2 Å². The van der Waals surface area contributed by atoms with Crippen molar-refractivity contribution in [3.8, 4) is 0 Å². The molecule has 70 valence electrons. The van der Waals surface area contributed by atoms with Gasteiger partial charge in [-0.15, -0.1) is 0 Å². The molecule has 0 aliphatic heterocycles. The maximum absolute atomic E-state index is 5.68. The van der Waals surface area contributed by atoms with Gasteiger partial charge in [0.15, 0.2) is 0 Å². The smallest absolute Gasteiger partial charge is 0.0755 e. The Morgan fingerprint density at radius 3 is 3.00 bits per heavy atom. The number of hydrogen-bond acceptors (Lipinski definition) is 1. The quantitative estimate of drug-likeness (QED) is 0.402. The summed E-state index contributed by atoms with van der Waals surface area (Å²) >= 11 is 3.41. The molecular weight excluding hydrogens is 216 g/mol. The number of rotatable bonds is 5. The van der Waals surface area contributed by atoms with Gasteiger partial charge in [-0.05, 0) is 32.1 Å². The second-order valence-electron chi connectivity index (χ2n) is 3.16. The van der Waals surface area contributed by atoms with Crippen molar-refractivity contribution in [1.82, 2.24) is 0 Å². The third kappa shape index (κ3) is 4.27. The summed E-state index contributed by atoms with van der Waals surface area (Å²) in [6.07, 6.45) is 11.0. The molecule has 12 heavy (non-hydrogen) atoms. The number of allylic oxidation sites excluding steroid dienone is 1. The Hall–Kier alpha value is 0.180. The van der Waals surface area contributed by atoms with Crippen LogP contribution in [-0.2, 0) is 4.74 Å². The fourth-order valence-electron chi connectivity index (χ4n) is 1.35. The molecule has 1 unspecified atom stereocenters. The van der Waals surface area contributed by atoms with Crippen LogP contribution in [0.5, 0.6) is 0 Å². The van der Waals surface area contributed by atoms with Gasteiger partial charge in [-0.1, -0.05) is 28.1 Å². The number of alkyl halides is 1. The Morgan fingerprint density at radius 1 is 1.42 bits per heavy atom. The van der Waals surface area contributed by atoms with E-state index in [1.165, 1.54) is 32.1 Å². The molecule has 0 radical (unpaired) electrons. The van der Waals surface area contributed by atoms with Crippen molar-refractivity contribution in [3.63, 3.8) is 0 Å². The SMILES string of the molecule is BrCCCCOC1C=CCCC1. The summed E-state index contributed by atoms with van der Waals surface area (Å²) in [6, 6.07) is 0. The molecular formula is C10H17BrO. The Labute approximate surface area is 83.3 Å². The van der Waals surface area contributed by atoms with Crippen LogP contribution in [0.25, 0.3) is 0 Å². The zero-order valence-corrected chi connectivity index (χ0v) is 9.05. The molecule has 0 N–H and O–H groups in total. The van der Waals surface area contributed by atoms with Crippen LogP contribution in [0, 0.1) is 0 Å². The highest BCUT2D eigenvalue weighted by Gasteiger charge is 2.07. The molecule has 1 atom stereocenters. The van der Waals surface area contributed by atoms with E-state index in [4.69, 9.17) is 4.74 Å². The topological polar surface area (TPSA) is 9.23 Å². The molecule has 0 saturated heterocycles. The van der Waals surface area contributed by atoms with Gasteiger partial charge >= 0.3 is 0 Å². The average Bonchev–Trinajstić information content (AvgIpc) is 2.14. The molecule has 2 heteroatoms. The van der Waals surface area contributed by atoms with E-state index >= 15 is 0 Å². The predicted octanol–water partition coefficient (Wildman–Crippen LogP) is 3.29. The molecule has 1 aliphatic rings. The summed E-state index contributed by atoms with van der Waals surface area (Å²) in [7, 11) is 0. The maximum Gasteiger partial charge on any atom is 0.0755 e. The first-order valence-corrected chi connectivity index (χ1v) is 5.90. The van der Waals surface area contributed by atoms with Crippen LogP contribution in [-0.4, -0.2) is 18.0 Å². The van der Waals surface area contributed by atoms with Gasteiger partial charge in [0.2, 0.25) is 0 Å². The number of unbranched alkanes of at least 4 members (excludes halogenated alkanes) is 1. The fraction of sp³-hybridized carbons (Fsp3) is 0.800.